The van der Waals surface area contributed by atoms with Crippen molar-refractivity contribution in [3.8, 4) is 0 Å². The van der Waals surface area contributed by atoms with E-state index >= 15 is 0 Å². The lowest BCUT2D eigenvalue weighted by atomic mass is 10.1. The monoisotopic (exact) mass is 301 g/mol. The van der Waals surface area contributed by atoms with Crippen LogP contribution in [0.5, 0.6) is 0 Å². The van der Waals surface area contributed by atoms with Gasteiger partial charge in [-0.1, -0.05) is 30.3 Å². The lowest BCUT2D eigenvalue weighted by Crippen LogP contribution is -2.37. The molecule has 1 aromatic carbocycles. The maximum absolute atomic E-state index is 4.60. The molecule has 0 saturated carbocycles. The van der Waals surface area contributed by atoms with Crippen LogP contribution in [0.4, 0.5) is 0 Å². The van der Waals surface area contributed by atoms with Crippen molar-refractivity contribution in [1.29, 1.82) is 0 Å². The molecule has 2 rings (SSSR count). The average Bonchev–Trinajstić information content (AvgIpc) is 3.03. The van der Waals surface area contributed by atoms with Gasteiger partial charge >= 0.3 is 0 Å². The van der Waals surface area contributed by atoms with Crippen LogP contribution in [-0.2, 0) is 13.0 Å². The fourth-order valence-corrected chi connectivity index (χ4v) is 2.70. The molecule has 4 heteroatoms. The first-order valence-corrected chi connectivity index (χ1v) is 8.40. The van der Waals surface area contributed by atoms with E-state index in [1.165, 1.54) is 11.1 Å². The molecule has 0 aliphatic carbocycles. The summed E-state index contributed by atoms with van der Waals surface area (Å²) in [5, 5.41) is 10.9. The van der Waals surface area contributed by atoms with Gasteiger partial charge in [0.1, 0.15) is 0 Å². The largest absolute Gasteiger partial charge is 0.357 e. The molecular formula is C17H23N3S. The number of benzene rings is 1. The standard InChI is InChI=1S/C17H23N3S/c1-2-18-17(20-13-16-10-12-21-14-16)19-11-6-9-15-7-4-3-5-8-15/h3-5,7-8,10,12,14H,2,6,9,11,13H2,1H3,(H2,18,19,20). The number of hydrogen-bond donors (Lipinski definition) is 2. The van der Waals surface area contributed by atoms with Crippen LogP contribution in [0.25, 0.3) is 0 Å². The van der Waals surface area contributed by atoms with Crippen molar-refractivity contribution in [3.63, 3.8) is 0 Å². The van der Waals surface area contributed by atoms with Crippen molar-refractivity contribution >= 4 is 17.3 Å². The van der Waals surface area contributed by atoms with E-state index in [-0.39, 0.29) is 0 Å². The highest BCUT2D eigenvalue weighted by molar-refractivity contribution is 7.07. The van der Waals surface area contributed by atoms with Crippen molar-refractivity contribution in [3.05, 3.63) is 58.3 Å². The first kappa shape index (κ1) is 15.6. The Morgan fingerprint density at radius 1 is 1.10 bits per heavy atom. The summed E-state index contributed by atoms with van der Waals surface area (Å²) in [5.74, 6) is 0.900. The molecule has 0 saturated heterocycles. The van der Waals surface area contributed by atoms with E-state index in [4.69, 9.17) is 0 Å². The van der Waals surface area contributed by atoms with Gasteiger partial charge in [-0.25, -0.2) is 4.99 Å². The zero-order chi connectivity index (χ0) is 14.8. The van der Waals surface area contributed by atoms with E-state index in [2.05, 4.69) is 69.7 Å². The SMILES string of the molecule is CCNC(=NCc1ccsc1)NCCCc1ccccc1. The van der Waals surface area contributed by atoms with Gasteiger partial charge in [-0.2, -0.15) is 11.3 Å². The van der Waals surface area contributed by atoms with E-state index in [1.807, 2.05) is 0 Å². The van der Waals surface area contributed by atoms with E-state index in [1.54, 1.807) is 11.3 Å². The van der Waals surface area contributed by atoms with Crippen LogP contribution < -0.4 is 10.6 Å². The normalized spacial score (nSPS) is 11.4. The first-order chi connectivity index (χ1) is 10.4. The zero-order valence-corrected chi connectivity index (χ0v) is 13.3. The second kappa shape index (κ2) is 9.19. The summed E-state index contributed by atoms with van der Waals surface area (Å²) in [6.07, 6.45) is 2.20. The molecule has 0 amide bonds. The number of thiophene rings is 1. The molecule has 0 fully saturated rings. The Bertz CT molecular complexity index is 520. The first-order valence-electron chi connectivity index (χ1n) is 7.45. The third-order valence-corrected chi connectivity index (χ3v) is 3.85. The van der Waals surface area contributed by atoms with E-state index < -0.39 is 0 Å². The van der Waals surface area contributed by atoms with Crippen LogP contribution in [0.3, 0.4) is 0 Å². The average molecular weight is 301 g/mol. The fraction of sp³-hybridized carbons (Fsp3) is 0.353. The molecule has 1 aromatic heterocycles. The van der Waals surface area contributed by atoms with Gasteiger partial charge in [0.05, 0.1) is 6.54 Å². The molecule has 2 N–H and O–H groups in total. The van der Waals surface area contributed by atoms with Gasteiger partial charge in [0, 0.05) is 13.1 Å². The molecular weight excluding hydrogens is 278 g/mol. The van der Waals surface area contributed by atoms with Gasteiger partial charge in [0.25, 0.3) is 0 Å². The summed E-state index contributed by atoms with van der Waals surface area (Å²) in [7, 11) is 0. The number of rotatable bonds is 7. The molecule has 1 heterocycles. The Kier molecular flexibility index (Phi) is 6.81. The molecule has 0 aliphatic rings. The minimum absolute atomic E-state index is 0.734. The van der Waals surface area contributed by atoms with E-state index in [9.17, 15) is 0 Å². The van der Waals surface area contributed by atoms with Crippen molar-refractivity contribution in [2.75, 3.05) is 13.1 Å². The van der Waals surface area contributed by atoms with Crippen molar-refractivity contribution < 1.29 is 0 Å². The Labute approximate surface area is 131 Å². The molecule has 0 unspecified atom stereocenters. The highest BCUT2D eigenvalue weighted by Crippen LogP contribution is 2.06. The minimum atomic E-state index is 0.734. The lowest BCUT2D eigenvalue weighted by Gasteiger charge is -2.11. The second-order valence-corrected chi connectivity index (χ2v) is 5.62. The summed E-state index contributed by atoms with van der Waals surface area (Å²) in [5.41, 5.74) is 2.65. The second-order valence-electron chi connectivity index (χ2n) is 4.84. The number of hydrogen-bond acceptors (Lipinski definition) is 2. The highest BCUT2D eigenvalue weighted by Gasteiger charge is 1.98. The topological polar surface area (TPSA) is 36.4 Å². The summed E-state index contributed by atoms with van der Waals surface area (Å²) >= 11 is 1.71. The smallest absolute Gasteiger partial charge is 0.191 e. The molecule has 0 bridgehead atoms. The summed E-state index contributed by atoms with van der Waals surface area (Å²) in [6.45, 7) is 4.64. The quantitative estimate of drug-likeness (QED) is 0.467. The van der Waals surface area contributed by atoms with Crippen LogP contribution in [0.2, 0.25) is 0 Å². The van der Waals surface area contributed by atoms with E-state index in [0.717, 1.165) is 38.4 Å². The fourth-order valence-electron chi connectivity index (χ4n) is 2.04. The third-order valence-electron chi connectivity index (χ3n) is 3.12. The Balaban J connectivity index is 1.73. The predicted molar refractivity (Wildman–Crippen MR) is 91.9 cm³/mol. The molecule has 0 aliphatic heterocycles. The molecule has 21 heavy (non-hydrogen) atoms. The highest BCUT2D eigenvalue weighted by atomic mass is 32.1. The van der Waals surface area contributed by atoms with Crippen molar-refractivity contribution in [1.82, 2.24) is 10.6 Å². The summed E-state index contributed by atoms with van der Waals surface area (Å²) in [6, 6.07) is 12.7. The maximum atomic E-state index is 4.60. The number of aliphatic imine (C=N–C) groups is 1. The summed E-state index contributed by atoms with van der Waals surface area (Å²) in [4.78, 5) is 4.60. The minimum Gasteiger partial charge on any atom is -0.357 e. The third kappa shape index (κ3) is 6.00. The molecule has 0 radical (unpaired) electrons. The van der Waals surface area contributed by atoms with Gasteiger partial charge in [-0.05, 0) is 47.7 Å². The Hall–Kier alpha value is -1.81. The Morgan fingerprint density at radius 2 is 1.95 bits per heavy atom. The van der Waals surface area contributed by atoms with Crippen LogP contribution >= 0.6 is 11.3 Å². The van der Waals surface area contributed by atoms with E-state index in [0.29, 0.717) is 0 Å². The van der Waals surface area contributed by atoms with Crippen LogP contribution in [-0.4, -0.2) is 19.0 Å². The molecule has 3 nitrogen and oxygen atoms in total. The van der Waals surface area contributed by atoms with Crippen molar-refractivity contribution in [2.45, 2.75) is 26.3 Å². The molecule has 2 aromatic rings. The molecule has 112 valence electrons. The molecule has 0 atom stereocenters. The number of nitrogens with zero attached hydrogens (tertiary/aromatic N) is 1. The van der Waals surface area contributed by atoms with Gasteiger partial charge < -0.3 is 10.6 Å². The van der Waals surface area contributed by atoms with Crippen molar-refractivity contribution in [2.24, 2.45) is 4.99 Å². The Morgan fingerprint density at radius 3 is 2.67 bits per heavy atom. The maximum Gasteiger partial charge on any atom is 0.191 e. The summed E-state index contributed by atoms with van der Waals surface area (Å²) < 4.78 is 0. The van der Waals surface area contributed by atoms with Crippen LogP contribution in [0.15, 0.2) is 52.2 Å². The zero-order valence-electron chi connectivity index (χ0n) is 12.5. The van der Waals surface area contributed by atoms with Gasteiger partial charge in [-0.3, -0.25) is 0 Å². The van der Waals surface area contributed by atoms with Crippen LogP contribution in [0, 0.1) is 0 Å². The van der Waals surface area contributed by atoms with Gasteiger partial charge in [0.2, 0.25) is 0 Å². The lowest BCUT2D eigenvalue weighted by molar-refractivity contribution is 0.744. The van der Waals surface area contributed by atoms with Gasteiger partial charge in [0.15, 0.2) is 5.96 Å². The van der Waals surface area contributed by atoms with Crippen LogP contribution in [0.1, 0.15) is 24.5 Å². The number of guanidine groups is 1. The number of nitrogens with one attached hydrogen (secondary N) is 2. The number of aryl methyl sites for hydroxylation is 1. The molecule has 0 spiro atoms. The van der Waals surface area contributed by atoms with Gasteiger partial charge in [-0.15, -0.1) is 0 Å². The predicted octanol–water partition coefficient (Wildman–Crippen LogP) is 3.44.